The van der Waals surface area contributed by atoms with Crippen molar-refractivity contribution in [3.05, 3.63) is 34.0 Å². The van der Waals surface area contributed by atoms with Gasteiger partial charge in [-0.3, -0.25) is 4.79 Å². The number of primary amides is 1. The molecule has 0 aliphatic rings. The van der Waals surface area contributed by atoms with E-state index in [0.29, 0.717) is 14.0 Å². The zero-order valence-electron chi connectivity index (χ0n) is 9.87. The maximum Gasteiger partial charge on any atom is 0.230 e. The molecule has 1 aromatic carbocycles. The molecule has 1 aromatic heterocycles. The lowest BCUT2D eigenvalue weighted by Crippen LogP contribution is -2.22. The van der Waals surface area contributed by atoms with Crippen molar-refractivity contribution >= 4 is 41.2 Å². The van der Waals surface area contributed by atoms with Crippen molar-refractivity contribution in [2.24, 2.45) is 5.73 Å². The topological polar surface area (TPSA) is 60.9 Å². The highest BCUT2D eigenvalue weighted by atomic mass is 32.2. The molecule has 0 unspecified atom stereocenters. The van der Waals surface area contributed by atoms with E-state index < -0.39 is 5.91 Å². The van der Waals surface area contributed by atoms with Crippen LogP contribution >= 0.6 is 35.3 Å². The van der Waals surface area contributed by atoms with Crippen LogP contribution in [0.3, 0.4) is 0 Å². The van der Waals surface area contributed by atoms with Crippen LogP contribution in [-0.2, 0) is 4.79 Å². The molecule has 0 bridgehead atoms. The number of carbonyl (C=O) groups excluding carboxylic acids is 1. The largest absolute Gasteiger partial charge is 0.369 e. The molecule has 0 aliphatic heterocycles. The van der Waals surface area contributed by atoms with Crippen LogP contribution in [-0.4, -0.2) is 20.9 Å². The fraction of sp³-hybridized carbons (Fsp3) is 0.182. The number of halogens is 1. The molecule has 1 heterocycles. The Kier molecular flexibility index (Phi) is 4.33. The number of thioether (sulfide) groups is 1. The van der Waals surface area contributed by atoms with Crippen molar-refractivity contribution in [2.75, 3.05) is 0 Å². The van der Waals surface area contributed by atoms with Crippen molar-refractivity contribution in [2.45, 2.75) is 16.5 Å². The van der Waals surface area contributed by atoms with Gasteiger partial charge in [-0.05, 0) is 43.4 Å². The lowest BCUT2D eigenvalue weighted by Gasteiger charge is -2.02. The zero-order chi connectivity index (χ0) is 14.0. The fourth-order valence-corrected chi connectivity index (χ4v) is 3.72. The van der Waals surface area contributed by atoms with Crippen LogP contribution in [0.5, 0.6) is 0 Å². The third-order valence-electron chi connectivity index (χ3n) is 2.28. The molecule has 0 saturated carbocycles. The molecule has 19 heavy (non-hydrogen) atoms. The first-order chi connectivity index (χ1) is 8.97. The van der Waals surface area contributed by atoms with Gasteiger partial charge in [0.25, 0.3) is 0 Å². The third kappa shape index (κ3) is 3.40. The standard InChI is InChI=1S/C11H10FN3OS3/c1-6(9(13)16)18-10-14-15(11(17)19-10)8-4-2-7(12)3-5-8/h2-6H,1H3,(H2,13,16)/t6-/m0/s1. The molecule has 8 heteroatoms. The van der Waals surface area contributed by atoms with E-state index in [0.717, 1.165) is 0 Å². The van der Waals surface area contributed by atoms with E-state index in [1.807, 2.05) is 0 Å². The number of aromatic nitrogens is 2. The summed E-state index contributed by atoms with van der Waals surface area (Å²) in [5, 5.41) is 3.92. The van der Waals surface area contributed by atoms with E-state index in [1.54, 1.807) is 19.1 Å². The molecule has 0 aliphatic carbocycles. The second-order valence-electron chi connectivity index (χ2n) is 3.68. The predicted octanol–water partition coefficient (Wildman–Crippen LogP) is 2.77. The summed E-state index contributed by atoms with van der Waals surface area (Å²) in [6.07, 6.45) is 0. The van der Waals surface area contributed by atoms with Crippen molar-refractivity contribution in [1.82, 2.24) is 9.78 Å². The van der Waals surface area contributed by atoms with Gasteiger partial charge in [0, 0.05) is 0 Å². The minimum Gasteiger partial charge on any atom is -0.369 e. The molecule has 100 valence electrons. The van der Waals surface area contributed by atoms with Gasteiger partial charge < -0.3 is 5.73 Å². The summed E-state index contributed by atoms with van der Waals surface area (Å²) in [7, 11) is 0. The number of amides is 1. The van der Waals surface area contributed by atoms with Gasteiger partial charge in [0.05, 0.1) is 10.9 Å². The number of nitrogens with two attached hydrogens (primary N) is 1. The molecule has 1 atom stereocenters. The van der Waals surface area contributed by atoms with Gasteiger partial charge in [-0.2, -0.15) is 0 Å². The first-order valence-electron chi connectivity index (χ1n) is 5.29. The van der Waals surface area contributed by atoms with Crippen LogP contribution < -0.4 is 5.73 Å². The molecular weight excluding hydrogens is 305 g/mol. The van der Waals surface area contributed by atoms with Crippen molar-refractivity contribution in [1.29, 1.82) is 0 Å². The van der Waals surface area contributed by atoms with E-state index >= 15 is 0 Å². The second-order valence-corrected chi connectivity index (χ2v) is 6.90. The van der Waals surface area contributed by atoms with Gasteiger partial charge in [-0.15, -0.1) is 5.10 Å². The Morgan fingerprint density at radius 2 is 2.16 bits per heavy atom. The molecule has 0 saturated heterocycles. The highest BCUT2D eigenvalue weighted by Gasteiger charge is 2.14. The first-order valence-corrected chi connectivity index (χ1v) is 7.40. The average Bonchev–Trinajstić information content (AvgIpc) is 2.71. The molecule has 2 N–H and O–H groups in total. The average molecular weight is 315 g/mol. The van der Waals surface area contributed by atoms with Gasteiger partial charge in [0.1, 0.15) is 5.82 Å². The van der Waals surface area contributed by atoms with Crippen LogP contribution in [0.25, 0.3) is 5.69 Å². The lowest BCUT2D eigenvalue weighted by atomic mass is 10.3. The highest BCUT2D eigenvalue weighted by molar-refractivity contribution is 8.02. The summed E-state index contributed by atoms with van der Waals surface area (Å²) in [5.74, 6) is -0.720. The van der Waals surface area contributed by atoms with Gasteiger partial charge in [-0.1, -0.05) is 23.1 Å². The maximum atomic E-state index is 12.9. The van der Waals surface area contributed by atoms with Gasteiger partial charge in [0.15, 0.2) is 8.29 Å². The Balaban J connectivity index is 2.29. The van der Waals surface area contributed by atoms with Crippen molar-refractivity contribution in [3.8, 4) is 5.69 Å². The van der Waals surface area contributed by atoms with Crippen LogP contribution in [0, 0.1) is 9.77 Å². The Morgan fingerprint density at radius 3 is 2.74 bits per heavy atom. The van der Waals surface area contributed by atoms with Gasteiger partial charge >= 0.3 is 0 Å². The monoisotopic (exact) mass is 315 g/mol. The van der Waals surface area contributed by atoms with Crippen LogP contribution in [0.4, 0.5) is 4.39 Å². The Hall–Kier alpha value is -1.25. The predicted molar refractivity (Wildman–Crippen MR) is 76.7 cm³/mol. The molecule has 0 radical (unpaired) electrons. The molecule has 2 rings (SSSR count). The number of benzene rings is 1. The van der Waals surface area contributed by atoms with E-state index in [-0.39, 0.29) is 11.1 Å². The summed E-state index contributed by atoms with van der Waals surface area (Å²) in [4.78, 5) is 11.0. The number of hydrogen-bond donors (Lipinski definition) is 1. The second kappa shape index (κ2) is 5.81. The number of nitrogens with zero attached hydrogens (tertiary/aromatic N) is 2. The van der Waals surface area contributed by atoms with Crippen molar-refractivity contribution < 1.29 is 9.18 Å². The lowest BCUT2D eigenvalue weighted by molar-refractivity contribution is -0.117. The first kappa shape index (κ1) is 14.2. The SMILES string of the molecule is C[C@H](Sc1nn(-c2ccc(F)cc2)c(=S)s1)C(N)=O. The van der Waals surface area contributed by atoms with Gasteiger partial charge in [0.2, 0.25) is 5.91 Å². The molecule has 0 fully saturated rings. The Morgan fingerprint density at radius 1 is 1.53 bits per heavy atom. The summed E-state index contributed by atoms with van der Waals surface area (Å²) in [5.41, 5.74) is 5.88. The Labute approximate surface area is 122 Å². The third-order valence-corrected chi connectivity index (χ3v) is 4.71. The molecule has 2 aromatic rings. The van der Waals surface area contributed by atoms with Crippen molar-refractivity contribution in [3.63, 3.8) is 0 Å². The van der Waals surface area contributed by atoms with Crippen LogP contribution in [0.2, 0.25) is 0 Å². The van der Waals surface area contributed by atoms with E-state index in [4.69, 9.17) is 18.0 Å². The fourth-order valence-electron chi connectivity index (χ4n) is 1.26. The quantitative estimate of drug-likeness (QED) is 0.696. The summed E-state index contributed by atoms with van der Waals surface area (Å²) in [6.45, 7) is 1.71. The minimum atomic E-state index is -0.403. The maximum absolute atomic E-state index is 12.9. The van der Waals surface area contributed by atoms with Crippen LogP contribution in [0.1, 0.15) is 6.92 Å². The summed E-state index contributed by atoms with van der Waals surface area (Å²) >= 11 is 7.74. The van der Waals surface area contributed by atoms with Gasteiger partial charge in [-0.25, -0.2) is 9.07 Å². The molecule has 1 amide bonds. The molecule has 4 nitrogen and oxygen atoms in total. The van der Waals surface area contributed by atoms with E-state index in [2.05, 4.69) is 5.10 Å². The highest BCUT2D eigenvalue weighted by Crippen LogP contribution is 2.27. The van der Waals surface area contributed by atoms with Crippen LogP contribution in [0.15, 0.2) is 28.6 Å². The normalized spacial score (nSPS) is 12.3. The zero-order valence-corrected chi connectivity index (χ0v) is 12.3. The number of carbonyl (C=O) groups is 1. The molecular formula is C11H10FN3OS3. The number of rotatable bonds is 4. The summed E-state index contributed by atoms with van der Waals surface area (Å²) in [6, 6.07) is 5.87. The smallest absolute Gasteiger partial charge is 0.230 e. The number of hydrogen-bond acceptors (Lipinski definition) is 5. The molecule has 0 spiro atoms. The Bertz CT molecular complexity index is 650. The van der Waals surface area contributed by atoms with E-state index in [1.165, 1.54) is 39.9 Å². The van der Waals surface area contributed by atoms with E-state index in [9.17, 15) is 9.18 Å². The minimum absolute atomic E-state index is 0.317. The summed E-state index contributed by atoms with van der Waals surface area (Å²) < 4.78 is 15.6.